The molecule has 2 aliphatic heterocycles. The maximum Gasteiger partial charge on any atom is 0.315 e. The van der Waals surface area contributed by atoms with E-state index in [1.807, 2.05) is 12.1 Å². The molecule has 2 saturated heterocycles. The van der Waals surface area contributed by atoms with Gasteiger partial charge in [-0.2, -0.15) is 4.31 Å². The molecule has 0 aliphatic carbocycles. The van der Waals surface area contributed by atoms with Gasteiger partial charge in [0.05, 0.1) is 31.3 Å². The highest BCUT2D eigenvalue weighted by Crippen LogP contribution is 2.21. The Morgan fingerprint density at radius 1 is 0.879 bits per heavy atom. The lowest BCUT2D eigenvalue weighted by Gasteiger charge is -2.29. The van der Waals surface area contributed by atoms with E-state index in [0.29, 0.717) is 51.6 Å². The van der Waals surface area contributed by atoms with Gasteiger partial charge in [0.25, 0.3) is 0 Å². The molecule has 1 aromatic carbocycles. The van der Waals surface area contributed by atoms with E-state index in [1.54, 1.807) is 30.5 Å². The maximum absolute atomic E-state index is 13.1. The Hall–Kier alpha value is -2.73. The van der Waals surface area contributed by atoms with Gasteiger partial charge in [0, 0.05) is 51.0 Å². The Balaban J connectivity index is 1.37. The summed E-state index contributed by atoms with van der Waals surface area (Å²) in [5, 5.41) is 5.62. The standard InChI is InChI=1S/C22H29N5O5S/c28-22(25-17-19-5-3-7-23-21(19)26-8-12-31-13-9-26)24-16-18-4-1-2-6-20(18)33(29,30)27-10-14-32-15-11-27/h1-7H,8-17H2,(H2,24,25,28). The lowest BCUT2D eigenvalue weighted by atomic mass is 10.2. The number of amides is 2. The molecule has 10 nitrogen and oxygen atoms in total. The molecule has 0 spiro atoms. The van der Waals surface area contributed by atoms with Crippen LogP contribution >= 0.6 is 0 Å². The molecule has 178 valence electrons. The lowest BCUT2D eigenvalue weighted by Crippen LogP contribution is -2.41. The van der Waals surface area contributed by atoms with E-state index in [0.717, 1.165) is 24.5 Å². The number of benzene rings is 1. The highest BCUT2D eigenvalue weighted by Gasteiger charge is 2.28. The van der Waals surface area contributed by atoms with Crippen LogP contribution in [0.4, 0.5) is 10.6 Å². The first-order valence-corrected chi connectivity index (χ1v) is 12.4. The average molecular weight is 476 g/mol. The fourth-order valence-electron chi connectivity index (χ4n) is 3.87. The second-order valence-corrected chi connectivity index (χ2v) is 9.65. The molecule has 0 radical (unpaired) electrons. The molecule has 2 N–H and O–H groups in total. The van der Waals surface area contributed by atoms with Gasteiger partial charge < -0.3 is 25.0 Å². The van der Waals surface area contributed by atoms with Gasteiger partial charge in [-0.3, -0.25) is 0 Å². The van der Waals surface area contributed by atoms with Crippen LogP contribution in [0.1, 0.15) is 11.1 Å². The van der Waals surface area contributed by atoms with Crippen molar-refractivity contribution < 1.29 is 22.7 Å². The molecule has 0 saturated carbocycles. The van der Waals surface area contributed by atoms with Crippen molar-refractivity contribution >= 4 is 21.9 Å². The SMILES string of the molecule is O=C(NCc1ccccc1S(=O)(=O)N1CCOCC1)NCc1cccnc1N1CCOCC1. The third-order valence-electron chi connectivity index (χ3n) is 5.62. The van der Waals surface area contributed by atoms with Gasteiger partial charge in [-0.05, 0) is 17.7 Å². The van der Waals surface area contributed by atoms with Crippen molar-refractivity contribution in [3.05, 3.63) is 53.7 Å². The molecule has 0 atom stereocenters. The minimum Gasteiger partial charge on any atom is -0.379 e. The second kappa shape index (κ2) is 10.9. The molecular formula is C22H29N5O5S. The third-order valence-corrected chi connectivity index (χ3v) is 7.62. The number of pyridine rings is 1. The summed E-state index contributed by atoms with van der Waals surface area (Å²) in [5.74, 6) is 0.836. The molecule has 4 rings (SSSR count). The number of carbonyl (C=O) groups is 1. The highest BCUT2D eigenvalue weighted by molar-refractivity contribution is 7.89. The summed E-state index contributed by atoms with van der Waals surface area (Å²) >= 11 is 0. The summed E-state index contributed by atoms with van der Waals surface area (Å²) in [5.41, 5.74) is 1.44. The Morgan fingerprint density at radius 3 is 2.21 bits per heavy atom. The Kier molecular flexibility index (Phi) is 7.76. The van der Waals surface area contributed by atoms with Crippen LogP contribution in [0.15, 0.2) is 47.5 Å². The van der Waals surface area contributed by atoms with Gasteiger partial charge in [-0.1, -0.05) is 24.3 Å². The van der Waals surface area contributed by atoms with Crippen LogP contribution in [0.2, 0.25) is 0 Å². The molecule has 0 bridgehead atoms. The minimum absolute atomic E-state index is 0.0922. The van der Waals surface area contributed by atoms with Gasteiger partial charge >= 0.3 is 6.03 Å². The number of aromatic nitrogens is 1. The number of sulfonamides is 1. The van der Waals surface area contributed by atoms with Crippen molar-refractivity contribution in [2.75, 3.05) is 57.5 Å². The summed E-state index contributed by atoms with van der Waals surface area (Å²) in [6, 6.07) is 10.1. The molecule has 2 fully saturated rings. The van der Waals surface area contributed by atoms with Crippen molar-refractivity contribution in [3.63, 3.8) is 0 Å². The molecule has 2 amide bonds. The van der Waals surface area contributed by atoms with Gasteiger partial charge in [-0.15, -0.1) is 0 Å². The lowest BCUT2D eigenvalue weighted by molar-refractivity contribution is 0.0730. The van der Waals surface area contributed by atoms with Gasteiger partial charge in [0.2, 0.25) is 10.0 Å². The number of hydrogen-bond donors (Lipinski definition) is 2. The predicted octanol–water partition coefficient (Wildman–Crippen LogP) is 0.938. The number of nitrogens with one attached hydrogen (secondary N) is 2. The molecular weight excluding hydrogens is 446 g/mol. The number of morpholine rings is 2. The number of rotatable bonds is 7. The zero-order chi connectivity index (χ0) is 23.1. The maximum atomic E-state index is 13.1. The largest absolute Gasteiger partial charge is 0.379 e. The van der Waals surface area contributed by atoms with Crippen LogP contribution in [-0.2, 0) is 32.6 Å². The van der Waals surface area contributed by atoms with Crippen LogP contribution in [-0.4, -0.2) is 76.3 Å². The molecule has 11 heteroatoms. The fraction of sp³-hybridized carbons (Fsp3) is 0.455. The van der Waals surface area contributed by atoms with Crippen molar-refractivity contribution in [2.45, 2.75) is 18.0 Å². The van der Waals surface area contributed by atoms with Crippen molar-refractivity contribution in [2.24, 2.45) is 0 Å². The van der Waals surface area contributed by atoms with Crippen LogP contribution in [0.5, 0.6) is 0 Å². The van der Waals surface area contributed by atoms with Crippen LogP contribution in [0.3, 0.4) is 0 Å². The van der Waals surface area contributed by atoms with E-state index in [1.165, 1.54) is 4.31 Å². The first-order chi connectivity index (χ1) is 16.1. The van der Waals surface area contributed by atoms with Gasteiger partial charge in [0.1, 0.15) is 5.82 Å². The fourth-order valence-corrected chi connectivity index (χ4v) is 5.50. The third kappa shape index (κ3) is 5.80. The van der Waals surface area contributed by atoms with Crippen LogP contribution in [0, 0.1) is 0 Å². The van der Waals surface area contributed by atoms with E-state index < -0.39 is 10.0 Å². The topological polar surface area (TPSA) is 113 Å². The predicted molar refractivity (Wildman–Crippen MR) is 122 cm³/mol. The van der Waals surface area contributed by atoms with E-state index >= 15 is 0 Å². The zero-order valence-electron chi connectivity index (χ0n) is 18.4. The Bertz CT molecular complexity index is 1050. The Labute approximate surface area is 193 Å². The summed E-state index contributed by atoms with van der Waals surface area (Å²) < 4.78 is 38.2. The van der Waals surface area contributed by atoms with Crippen molar-refractivity contribution in [1.29, 1.82) is 0 Å². The van der Waals surface area contributed by atoms with Crippen LogP contribution in [0.25, 0.3) is 0 Å². The molecule has 0 unspecified atom stereocenters. The summed E-state index contributed by atoms with van der Waals surface area (Å²) in [6.07, 6.45) is 1.74. The number of ether oxygens (including phenoxy) is 2. The van der Waals surface area contributed by atoms with Crippen molar-refractivity contribution in [3.8, 4) is 0 Å². The Morgan fingerprint density at radius 2 is 1.48 bits per heavy atom. The van der Waals surface area contributed by atoms with E-state index in [2.05, 4.69) is 20.5 Å². The minimum atomic E-state index is -3.66. The number of nitrogens with zero attached hydrogens (tertiary/aromatic N) is 3. The van der Waals surface area contributed by atoms with E-state index in [4.69, 9.17) is 9.47 Å². The number of urea groups is 1. The molecule has 33 heavy (non-hydrogen) atoms. The first-order valence-electron chi connectivity index (χ1n) is 11.0. The number of carbonyl (C=O) groups excluding carboxylic acids is 1. The van der Waals surface area contributed by atoms with Gasteiger partial charge in [0.15, 0.2) is 0 Å². The number of anilines is 1. The monoisotopic (exact) mass is 475 g/mol. The van der Waals surface area contributed by atoms with Crippen molar-refractivity contribution in [1.82, 2.24) is 19.9 Å². The van der Waals surface area contributed by atoms with Crippen LogP contribution < -0.4 is 15.5 Å². The summed E-state index contributed by atoms with van der Waals surface area (Å²) in [7, 11) is -3.66. The first kappa shape index (κ1) is 23.4. The number of hydrogen-bond acceptors (Lipinski definition) is 7. The quantitative estimate of drug-likeness (QED) is 0.613. The summed E-state index contributed by atoms with van der Waals surface area (Å²) in [6.45, 7) is 4.60. The zero-order valence-corrected chi connectivity index (χ0v) is 19.2. The molecule has 2 aromatic rings. The smallest absolute Gasteiger partial charge is 0.315 e. The molecule has 3 heterocycles. The van der Waals surface area contributed by atoms with E-state index in [9.17, 15) is 13.2 Å². The normalized spacial score (nSPS) is 17.5. The van der Waals surface area contributed by atoms with Gasteiger partial charge in [-0.25, -0.2) is 18.2 Å². The molecule has 1 aromatic heterocycles. The summed E-state index contributed by atoms with van der Waals surface area (Å²) in [4.78, 5) is 19.3. The van der Waals surface area contributed by atoms with E-state index in [-0.39, 0.29) is 17.5 Å². The molecule has 2 aliphatic rings. The average Bonchev–Trinajstić information content (AvgIpc) is 2.87. The second-order valence-electron chi connectivity index (χ2n) is 7.75. The highest BCUT2D eigenvalue weighted by atomic mass is 32.2.